The van der Waals surface area contributed by atoms with E-state index < -0.39 is 0 Å². The van der Waals surface area contributed by atoms with Gasteiger partial charge in [-0.2, -0.15) is 0 Å². The molecule has 0 bridgehead atoms. The highest BCUT2D eigenvalue weighted by molar-refractivity contribution is 6.31. The fourth-order valence-corrected chi connectivity index (χ4v) is 5.20. The fraction of sp³-hybridized carbons (Fsp3) is 0.424. The summed E-state index contributed by atoms with van der Waals surface area (Å²) >= 11 is 12.5. The van der Waals surface area contributed by atoms with Crippen molar-refractivity contribution in [3.05, 3.63) is 102 Å². The number of nitrogens with zero attached hydrogens (tertiary/aromatic N) is 3. The lowest BCUT2D eigenvalue weighted by atomic mass is 9.95. The number of aliphatic imine (C=N–C) groups is 1. The second-order valence-corrected chi connectivity index (χ2v) is 11.5. The largest absolute Gasteiger partial charge is 0.364 e. The van der Waals surface area contributed by atoms with Gasteiger partial charge < -0.3 is 16.0 Å². The van der Waals surface area contributed by atoms with Gasteiger partial charge in [0.15, 0.2) is 0 Å². The fourth-order valence-electron chi connectivity index (χ4n) is 5.06. The zero-order valence-electron chi connectivity index (χ0n) is 24.8. The minimum absolute atomic E-state index is 0.00598. The Bertz CT molecular complexity index is 1160. The van der Waals surface area contributed by atoms with Crippen LogP contribution in [0.2, 0.25) is 0 Å². The summed E-state index contributed by atoms with van der Waals surface area (Å²) in [6.07, 6.45) is 14.9. The Morgan fingerprint density at radius 1 is 1.17 bits per heavy atom. The van der Waals surface area contributed by atoms with Crippen LogP contribution >= 0.6 is 23.2 Å². The molecule has 2 heterocycles. The van der Waals surface area contributed by atoms with Gasteiger partial charge in [0.25, 0.3) is 0 Å². The van der Waals surface area contributed by atoms with Crippen molar-refractivity contribution in [3.63, 3.8) is 0 Å². The Labute approximate surface area is 257 Å². The number of rotatable bonds is 14. The topological polar surface area (TPSA) is 54.9 Å². The van der Waals surface area contributed by atoms with Crippen LogP contribution in [-0.4, -0.2) is 86.1 Å². The van der Waals surface area contributed by atoms with Crippen molar-refractivity contribution < 1.29 is 0 Å². The summed E-state index contributed by atoms with van der Waals surface area (Å²) in [7, 11) is 1.97. The molecule has 3 N–H and O–H groups in total. The maximum atomic E-state index is 6.27. The van der Waals surface area contributed by atoms with Gasteiger partial charge in [0, 0.05) is 60.9 Å². The summed E-state index contributed by atoms with van der Waals surface area (Å²) in [5, 5.41) is 11.2. The molecule has 6 nitrogen and oxygen atoms in total. The van der Waals surface area contributed by atoms with E-state index in [1.165, 1.54) is 0 Å². The van der Waals surface area contributed by atoms with Crippen LogP contribution in [-0.2, 0) is 0 Å². The van der Waals surface area contributed by atoms with Crippen LogP contribution in [0.15, 0.2) is 101 Å². The number of amidine groups is 1. The molecule has 3 rings (SSSR count). The standard InChI is InChI=1S/C33H46Cl2N6/c1-6-11-27(16-15-26(4)34)32(25(3)14-17-28(35)7-2)41-22-20-40(21-23-41)24-31-38-30-13-9-8-12-29(30)33(39-31)37-19-10-18-36-5/h6-9,11-17,26,31-32,36,38H,1,3,10,18-24H2,2,4-5H3,(H,37,39)/b16-15-,17-14-,27-11+,28-7+. The highest BCUT2D eigenvalue weighted by Crippen LogP contribution is 2.25. The summed E-state index contributed by atoms with van der Waals surface area (Å²) in [6.45, 7) is 18.6. The third kappa shape index (κ3) is 10.3. The maximum Gasteiger partial charge on any atom is 0.132 e. The summed E-state index contributed by atoms with van der Waals surface area (Å²) < 4.78 is 0. The maximum absolute atomic E-state index is 6.27. The quantitative estimate of drug-likeness (QED) is 0.141. The van der Waals surface area contributed by atoms with Gasteiger partial charge in [-0.05, 0) is 63.2 Å². The molecular weight excluding hydrogens is 551 g/mol. The van der Waals surface area contributed by atoms with Gasteiger partial charge in [0.05, 0.1) is 6.04 Å². The smallest absolute Gasteiger partial charge is 0.132 e. The number of allylic oxidation sites excluding steroid dienone is 6. The number of hydrogen-bond acceptors (Lipinski definition) is 5. The van der Waals surface area contributed by atoms with Crippen LogP contribution in [0.3, 0.4) is 0 Å². The van der Waals surface area contributed by atoms with Gasteiger partial charge in [0.1, 0.15) is 12.0 Å². The minimum atomic E-state index is -0.0700. The van der Waals surface area contributed by atoms with Crippen molar-refractivity contribution in [2.24, 2.45) is 4.99 Å². The van der Waals surface area contributed by atoms with E-state index in [4.69, 9.17) is 28.2 Å². The Kier molecular flexibility index (Phi) is 13.9. The van der Waals surface area contributed by atoms with E-state index in [1.807, 2.05) is 57.4 Å². The first-order chi connectivity index (χ1) is 19.9. The van der Waals surface area contributed by atoms with Gasteiger partial charge in [-0.25, -0.2) is 0 Å². The van der Waals surface area contributed by atoms with Crippen molar-refractivity contribution in [1.82, 2.24) is 20.4 Å². The molecule has 0 aliphatic carbocycles. The molecule has 1 saturated heterocycles. The highest BCUT2D eigenvalue weighted by Gasteiger charge is 2.29. The lowest BCUT2D eigenvalue weighted by Gasteiger charge is -2.42. The molecule has 8 heteroatoms. The van der Waals surface area contributed by atoms with Gasteiger partial charge in [-0.3, -0.25) is 14.8 Å². The number of benzene rings is 1. The normalized spacial score (nSPS) is 21.5. The molecule has 3 atom stereocenters. The van der Waals surface area contributed by atoms with E-state index in [2.05, 4.69) is 69.2 Å². The third-order valence-corrected chi connectivity index (χ3v) is 7.64. The first kappa shape index (κ1) is 32.9. The molecule has 1 fully saturated rings. The van der Waals surface area contributed by atoms with Crippen LogP contribution < -0.4 is 16.0 Å². The molecule has 1 aromatic carbocycles. The van der Waals surface area contributed by atoms with Crippen LogP contribution in [0.5, 0.6) is 0 Å². The Balaban J connectivity index is 1.71. The van der Waals surface area contributed by atoms with Crippen molar-refractivity contribution in [2.45, 2.75) is 37.9 Å². The number of piperazine rings is 1. The van der Waals surface area contributed by atoms with E-state index in [1.54, 1.807) is 0 Å². The molecule has 1 aromatic rings. The minimum Gasteiger partial charge on any atom is -0.364 e. The van der Waals surface area contributed by atoms with Gasteiger partial charge in [-0.1, -0.05) is 73.3 Å². The average molecular weight is 598 g/mol. The second-order valence-electron chi connectivity index (χ2n) is 10.3. The number of alkyl halides is 1. The van der Waals surface area contributed by atoms with Crippen molar-refractivity contribution in [3.8, 4) is 0 Å². The highest BCUT2D eigenvalue weighted by atomic mass is 35.5. The summed E-state index contributed by atoms with van der Waals surface area (Å²) in [4.78, 5) is 9.89. The molecule has 222 valence electrons. The van der Waals surface area contributed by atoms with E-state index in [0.29, 0.717) is 5.03 Å². The molecule has 2 aliphatic heterocycles. The summed E-state index contributed by atoms with van der Waals surface area (Å²) in [5.74, 6) is 0.974. The van der Waals surface area contributed by atoms with Crippen molar-refractivity contribution >= 4 is 34.7 Å². The lowest BCUT2D eigenvalue weighted by molar-refractivity contribution is 0.116. The first-order valence-electron chi connectivity index (χ1n) is 14.5. The van der Waals surface area contributed by atoms with E-state index in [0.717, 1.165) is 80.5 Å². The van der Waals surface area contributed by atoms with Crippen molar-refractivity contribution in [1.29, 1.82) is 0 Å². The number of hydrogen-bond donors (Lipinski definition) is 3. The zero-order chi connectivity index (χ0) is 29.6. The molecule has 0 amide bonds. The predicted octanol–water partition coefficient (Wildman–Crippen LogP) is 5.92. The van der Waals surface area contributed by atoms with Crippen LogP contribution in [0.4, 0.5) is 5.69 Å². The molecule has 2 aliphatic rings. The summed E-state index contributed by atoms with van der Waals surface area (Å²) in [5.41, 5.74) is 4.35. The van der Waals surface area contributed by atoms with Gasteiger partial charge in [0.2, 0.25) is 0 Å². The number of nitrogens with one attached hydrogen (secondary N) is 3. The number of para-hydroxylation sites is 1. The number of anilines is 1. The van der Waals surface area contributed by atoms with Crippen LogP contribution in [0.25, 0.3) is 0 Å². The molecule has 3 unspecified atom stereocenters. The van der Waals surface area contributed by atoms with Crippen molar-refractivity contribution in [2.75, 3.05) is 58.2 Å². The van der Waals surface area contributed by atoms with Crippen LogP contribution in [0.1, 0.15) is 25.8 Å². The van der Waals surface area contributed by atoms with E-state index >= 15 is 0 Å². The second kappa shape index (κ2) is 17.4. The monoisotopic (exact) mass is 596 g/mol. The van der Waals surface area contributed by atoms with Gasteiger partial charge >= 0.3 is 0 Å². The molecular formula is C33H46Cl2N6. The SMILES string of the molecule is C=C/C=C(\C=C/C(C)Cl)C(C(=C)/C=C\C(Cl)=C/C)N1CCN(CC2NC(=NCCCNC)c3ccccc3N2)CC1. The number of fused-ring (bicyclic) bond motifs is 1. The molecule has 0 saturated carbocycles. The Morgan fingerprint density at radius 3 is 2.61 bits per heavy atom. The Morgan fingerprint density at radius 2 is 1.93 bits per heavy atom. The first-order valence-corrected chi connectivity index (χ1v) is 15.3. The molecule has 0 spiro atoms. The average Bonchev–Trinajstić information content (AvgIpc) is 2.97. The Hall–Kier alpha value is -2.61. The predicted molar refractivity (Wildman–Crippen MR) is 179 cm³/mol. The van der Waals surface area contributed by atoms with Gasteiger partial charge in [-0.15, -0.1) is 11.6 Å². The zero-order valence-corrected chi connectivity index (χ0v) is 26.3. The molecule has 0 aromatic heterocycles. The molecule has 0 radical (unpaired) electrons. The molecule has 41 heavy (non-hydrogen) atoms. The lowest BCUT2D eigenvalue weighted by Crippen LogP contribution is -2.57. The van der Waals surface area contributed by atoms with Crippen LogP contribution in [0, 0.1) is 0 Å². The number of halogens is 2. The third-order valence-electron chi connectivity index (χ3n) is 7.15. The van der Waals surface area contributed by atoms with E-state index in [-0.39, 0.29) is 17.6 Å². The van der Waals surface area contributed by atoms with E-state index in [9.17, 15) is 0 Å². The summed E-state index contributed by atoms with van der Waals surface area (Å²) in [6, 6.07) is 8.39.